The van der Waals surface area contributed by atoms with Crippen LogP contribution in [0.5, 0.6) is 0 Å². The summed E-state index contributed by atoms with van der Waals surface area (Å²) in [6.45, 7) is 1.71. The van der Waals surface area contributed by atoms with Gasteiger partial charge >= 0.3 is 0 Å². The van der Waals surface area contributed by atoms with Gasteiger partial charge in [0.15, 0.2) is 0 Å². The van der Waals surface area contributed by atoms with Crippen LogP contribution in [-0.2, 0) is 10.0 Å². The first-order valence-electron chi connectivity index (χ1n) is 5.43. The van der Waals surface area contributed by atoms with Crippen LogP contribution in [0.15, 0.2) is 51.8 Å². The lowest BCUT2D eigenvalue weighted by atomic mass is 10.2. The molecule has 100 valence electrons. The Labute approximate surface area is 119 Å². The summed E-state index contributed by atoms with van der Waals surface area (Å²) in [5, 5.41) is 0. The van der Waals surface area contributed by atoms with Crippen molar-refractivity contribution in [1.29, 1.82) is 0 Å². The highest BCUT2D eigenvalue weighted by molar-refractivity contribution is 9.10. The number of hydrogen-bond acceptors (Lipinski definition) is 2. The fraction of sp³-hybridized carbons (Fsp3) is 0.0769. The largest absolute Gasteiger partial charge is 0.279 e. The van der Waals surface area contributed by atoms with Crippen LogP contribution in [-0.4, -0.2) is 8.42 Å². The van der Waals surface area contributed by atoms with Gasteiger partial charge in [-0.05, 0) is 52.7 Å². The third-order valence-electron chi connectivity index (χ3n) is 2.57. The summed E-state index contributed by atoms with van der Waals surface area (Å²) in [4.78, 5) is 0.110. The Morgan fingerprint density at radius 1 is 1.16 bits per heavy atom. The molecular formula is C13H11BrFNO2S. The highest BCUT2D eigenvalue weighted by atomic mass is 79.9. The average molecular weight is 344 g/mol. The molecule has 0 amide bonds. The van der Waals surface area contributed by atoms with Gasteiger partial charge in [0.1, 0.15) is 10.7 Å². The van der Waals surface area contributed by atoms with Crippen LogP contribution in [0.3, 0.4) is 0 Å². The first kappa shape index (κ1) is 14.0. The van der Waals surface area contributed by atoms with E-state index >= 15 is 0 Å². The van der Waals surface area contributed by atoms with E-state index in [2.05, 4.69) is 20.7 Å². The predicted octanol–water partition coefficient (Wildman–Crippen LogP) is 3.70. The molecule has 0 unspecified atom stereocenters. The van der Waals surface area contributed by atoms with Gasteiger partial charge in [0.05, 0.1) is 5.69 Å². The van der Waals surface area contributed by atoms with E-state index in [-0.39, 0.29) is 10.6 Å². The normalized spacial score (nSPS) is 11.3. The monoisotopic (exact) mass is 343 g/mol. The predicted molar refractivity (Wildman–Crippen MR) is 76.1 cm³/mol. The van der Waals surface area contributed by atoms with E-state index in [1.807, 2.05) is 0 Å². The Hall–Kier alpha value is -1.40. The quantitative estimate of drug-likeness (QED) is 0.923. The SMILES string of the molecule is Cc1ccc(F)cc1NS(=O)(=O)c1ccccc1Br. The molecule has 2 aromatic rings. The molecule has 19 heavy (non-hydrogen) atoms. The minimum Gasteiger partial charge on any atom is -0.279 e. The van der Waals surface area contributed by atoms with Crippen molar-refractivity contribution in [3.8, 4) is 0 Å². The summed E-state index contributed by atoms with van der Waals surface area (Å²) in [5.74, 6) is -0.490. The van der Waals surface area contributed by atoms with Crippen molar-refractivity contribution in [3.05, 3.63) is 58.3 Å². The summed E-state index contributed by atoms with van der Waals surface area (Å²) in [5.41, 5.74) is 0.882. The van der Waals surface area contributed by atoms with Gasteiger partial charge in [0.2, 0.25) is 0 Å². The lowest BCUT2D eigenvalue weighted by Crippen LogP contribution is -2.14. The summed E-state index contributed by atoms with van der Waals surface area (Å²) < 4.78 is 40.4. The molecule has 6 heteroatoms. The molecule has 0 saturated heterocycles. The molecule has 0 atom stereocenters. The van der Waals surface area contributed by atoms with Crippen LogP contribution in [0.2, 0.25) is 0 Å². The number of aryl methyl sites for hydroxylation is 1. The third-order valence-corrected chi connectivity index (χ3v) is 4.95. The molecule has 0 heterocycles. The number of anilines is 1. The lowest BCUT2D eigenvalue weighted by Gasteiger charge is -2.11. The molecule has 1 N–H and O–H groups in total. The molecule has 0 aliphatic heterocycles. The smallest absolute Gasteiger partial charge is 0.263 e. The number of halogens is 2. The maximum atomic E-state index is 13.2. The molecule has 0 fully saturated rings. The Bertz CT molecular complexity index is 716. The number of hydrogen-bond donors (Lipinski definition) is 1. The number of rotatable bonds is 3. The third kappa shape index (κ3) is 3.13. The molecule has 0 bridgehead atoms. The van der Waals surface area contributed by atoms with Crippen LogP contribution >= 0.6 is 15.9 Å². The van der Waals surface area contributed by atoms with E-state index in [0.29, 0.717) is 10.0 Å². The van der Waals surface area contributed by atoms with Gasteiger partial charge in [-0.2, -0.15) is 0 Å². The van der Waals surface area contributed by atoms with E-state index in [1.54, 1.807) is 25.1 Å². The molecule has 2 rings (SSSR count). The second kappa shape index (κ2) is 5.30. The Morgan fingerprint density at radius 2 is 1.84 bits per heavy atom. The number of sulfonamides is 1. The van der Waals surface area contributed by atoms with Gasteiger partial charge in [0, 0.05) is 4.47 Å². The molecule has 0 aromatic heterocycles. The van der Waals surface area contributed by atoms with Crippen molar-refractivity contribution >= 4 is 31.6 Å². The molecule has 0 aliphatic rings. The Morgan fingerprint density at radius 3 is 2.53 bits per heavy atom. The minimum absolute atomic E-state index is 0.110. The molecule has 0 radical (unpaired) electrons. The Kier molecular flexibility index (Phi) is 3.91. The summed E-state index contributed by atoms with van der Waals surface area (Å²) in [6.07, 6.45) is 0. The second-order valence-electron chi connectivity index (χ2n) is 4.00. The van der Waals surface area contributed by atoms with Crippen LogP contribution in [0.4, 0.5) is 10.1 Å². The van der Waals surface area contributed by atoms with Crippen molar-refractivity contribution < 1.29 is 12.8 Å². The first-order valence-corrected chi connectivity index (χ1v) is 7.71. The zero-order valence-corrected chi connectivity index (χ0v) is 12.4. The maximum Gasteiger partial charge on any atom is 0.263 e. The van der Waals surface area contributed by atoms with Crippen LogP contribution in [0.1, 0.15) is 5.56 Å². The lowest BCUT2D eigenvalue weighted by molar-refractivity contribution is 0.600. The van der Waals surface area contributed by atoms with Gasteiger partial charge in [-0.3, -0.25) is 4.72 Å². The van der Waals surface area contributed by atoms with Gasteiger partial charge in [0.25, 0.3) is 10.0 Å². The number of benzene rings is 2. The fourth-order valence-electron chi connectivity index (χ4n) is 1.57. The van der Waals surface area contributed by atoms with Crippen molar-refractivity contribution in [2.45, 2.75) is 11.8 Å². The zero-order chi connectivity index (χ0) is 14.0. The number of nitrogens with one attached hydrogen (secondary N) is 1. The standard InChI is InChI=1S/C13H11BrFNO2S/c1-9-6-7-10(15)8-12(9)16-19(17,18)13-5-3-2-4-11(13)14/h2-8,16H,1H3. The summed E-state index contributed by atoms with van der Waals surface area (Å²) in [6, 6.07) is 10.4. The van der Waals surface area contributed by atoms with Gasteiger partial charge in [-0.1, -0.05) is 18.2 Å². The van der Waals surface area contributed by atoms with Gasteiger partial charge < -0.3 is 0 Å². The van der Waals surface area contributed by atoms with Crippen LogP contribution in [0, 0.1) is 12.7 Å². The summed E-state index contributed by atoms with van der Waals surface area (Å²) in [7, 11) is -3.75. The van der Waals surface area contributed by atoms with Crippen LogP contribution in [0.25, 0.3) is 0 Å². The van der Waals surface area contributed by atoms with E-state index < -0.39 is 15.8 Å². The topological polar surface area (TPSA) is 46.2 Å². The average Bonchev–Trinajstić information content (AvgIpc) is 2.34. The maximum absolute atomic E-state index is 13.2. The van der Waals surface area contributed by atoms with E-state index in [1.165, 1.54) is 18.2 Å². The molecule has 0 saturated carbocycles. The zero-order valence-electron chi connectivity index (χ0n) is 10.0. The summed E-state index contributed by atoms with van der Waals surface area (Å²) >= 11 is 3.19. The van der Waals surface area contributed by atoms with Crippen molar-refractivity contribution in [2.75, 3.05) is 4.72 Å². The molecular weight excluding hydrogens is 333 g/mol. The van der Waals surface area contributed by atoms with Gasteiger partial charge in [-0.15, -0.1) is 0 Å². The first-order chi connectivity index (χ1) is 8.90. The van der Waals surface area contributed by atoms with Gasteiger partial charge in [-0.25, -0.2) is 12.8 Å². The molecule has 0 spiro atoms. The molecule has 0 aliphatic carbocycles. The highest BCUT2D eigenvalue weighted by Crippen LogP contribution is 2.25. The minimum atomic E-state index is -3.75. The second-order valence-corrected chi connectivity index (χ2v) is 6.50. The van der Waals surface area contributed by atoms with E-state index in [9.17, 15) is 12.8 Å². The van der Waals surface area contributed by atoms with Crippen LogP contribution < -0.4 is 4.72 Å². The Balaban J connectivity index is 2.43. The van der Waals surface area contributed by atoms with E-state index in [4.69, 9.17) is 0 Å². The highest BCUT2D eigenvalue weighted by Gasteiger charge is 2.18. The molecule has 3 nitrogen and oxygen atoms in total. The fourth-order valence-corrected chi connectivity index (χ4v) is 3.69. The van der Waals surface area contributed by atoms with Crippen molar-refractivity contribution in [3.63, 3.8) is 0 Å². The molecule has 2 aromatic carbocycles. The van der Waals surface area contributed by atoms with Crippen molar-refractivity contribution in [1.82, 2.24) is 0 Å². The van der Waals surface area contributed by atoms with Crippen molar-refractivity contribution in [2.24, 2.45) is 0 Å². The van der Waals surface area contributed by atoms with E-state index in [0.717, 1.165) is 6.07 Å².